The summed E-state index contributed by atoms with van der Waals surface area (Å²) in [6, 6.07) is 0. The topological polar surface area (TPSA) is 0 Å². The molecule has 0 aromatic rings. The van der Waals surface area contributed by atoms with Crippen molar-refractivity contribution >= 4 is 0 Å². The van der Waals surface area contributed by atoms with Gasteiger partial charge in [-0.3, -0.25) is 0 Å². The molecular weight excluding hydrogens is 276 g/mol. The Morgan fingerprint density at radius 1 is 0.957 bits per heavy atom. The van der Waals surface area contributed by atoms with Crippen molar-refractivity contribution in [2.45, 2.75) is 98.8 Å². The number of rotatable bonds is 9. The van der Waals surface area contributed by atoms with Crippen LogP contribution in [0.5, 0.6) is 0 Å². The molecule has 0 heterocycles. The second kappa shape index (κ2) is 9.09. The van der Waals surface area contributed by atoms with Crippen molar-refractivity contribution in [3.63, 3.8) is 0 Å². The molecule has 0 spiro atoms. The van der Waals surface area contributed by atoms with Crippen molar-refractivity contribution in [3.8, 4) is 0 Å². The van der Waals surface area contributed by atoms with Crippen LogP contribution in [0.3, 0.4) is 0 Å². The average Bonchev–Trinajstić information content (AvgIpc) is 2.42. The van der Waals surface area contributed by atoms with Crippen molar-refractivity contribution < 1.29 is 0 Å². The lowest BCUT2D eigenvalue weighted by atomic mass is 9.72. The minimum absolute atomic E-state index is 0.751. The second-order valence-corrected chi connectivity index (χ2v) is 8.66. The van der Waals surface area contributed by atoms with Crippen LogP contribution in [0.4, 0.5) is 0 Å². The molecule has 23 heavy (non-hydrogen) atoms. The summed E-state index contributed by atoms with van der Waals surface area (Å²) < 4.78 is 0. The monoisotopic (exact) mass is 316 g/mol. The molecule has 0 aromatic carbocycles. The van der Waals surface area contributed by atoms with Gasteiger partial charge in [0.15, 0.2) is 0 Å². The van der Waals surface area contributed by atoms with Crippen molar-refractivity contribution in [1.29, 1.82) is 0 Å². The summed E-state index contributed by atoms with van der Waals surface area (Å²) in [4.78, 5) is 0. The van der Waals surface area contributed by atoms with Gasteiger partial charge in [-0.05, 0) is 81.5 Å². The molecular formula is C23H40. The lowest BCUT2D eigenvalue weighted by molar-refractivity contribution is 0.231. The highest BCUT2D eigenvalue weighted by Crippen LogP contribution is 2.40. The maximum atomic E-state index is 2.56. The Hall–Kier alpha value is -0.520. The Kier molecular flexibility index (Phi) is 7.44. The lowest BCUT2D eigenvalue weighted by Gasteiger charge is -2.34. The molecule has 2 fully saturated rings. The predicted octanol–water partition coefficient (Wildman–Crippen LogP) is 7.70. The molecule has 0 nitrogen and oxygen atoms in total. The summed E-state index contributed by atoms with van der Waals surface area (Å²) in [5, 5.41) is 0. The van der Waals surface area contributed by atoms with Crippen LogP contribution >= 0.6 is 0 Å². The molecule has 3 atom stereocenters. The van der Waals surface area contributed by atoms with E-state index in [-0.39, 0.29) is 0 Å². The van der Waals surface area contributed by atoms with Gasteiger partial charge in [-0.2, -0.15) is 0 Å². The van der Waals surface area contributed by atoms with Crippen LogP contribution in [0, 0.1) is 23.7 Å². The van der Waals surface area contributed by atoms with Gasteiger partial charge in [0.05, 0.1) is 0 Å². The zero-order valence-corrected chi connectivity index (χ0v) is 16.5. The molecule has 0 amide bonds. The van der Waals surface area contributed by atoms with Gasteiger partial charge in [0, 0.05) is 0 Å². The fraction of sp³-hybridized carbons (Fsp3) is 0.826. The largest absolute Gasteiger partial charge is 0.0853 e. The summed E-state index contributed by atoms with van der Waals surface area (Å²) in [6.07, 6.45) is 16.4. The van der Waals surface area contributed by atoms with E-state index < -0.39 is 0 Å². The van der Waals surface area contributed by atoms with E-state index in [2.05, 4.69) is 40.7 Å². The molecule has 0 N–H and O–H groups in total. The van der Waals surface area contributed by atoms with E-state index in [4.69, 9.17) is 0 Å². The summed E-state index contributed by atoms with van der Waals surface area (Å²) in [5.74, 6) is 3.35. The van der Waals surface area contributed by atoms with Gasteiger partial charge in [-0.1, -0.05) is 63.8 Å². The molecule has 0 aromatic heterocycles. The summed E-state index contributed by atoms with van der Waals surface area (Å²) in [5.41, 5.74) is 5.37. The first kappa shape index (κ1) is 18.8. The lowest BCUT2D eigenvalue weighted by Crippen LogP contribution is -2.22. The molecule has 2 saturated carbocycles. The van der Waals surface area contributed by atoms with Gasteiger partial charge in [0.1, 0.15) is 0 Å². The smallest absolute Gasteiger partial charge is 0.0257 e. The van der Waals surface area contributed by atoms with Gasteiger partial charge in [-0.15, -0.1) is 0 Å². The van der Waals surface area contributed by atoms with E-state index in [0.717, 1.165) is 23.7 Å². The van der Waals surface area contributed by atoms with Crippen LogP contribution < -0.4 is 0 Å². The van der Waals surface area contributed by atoms with Crippen LogP contribution in [0.2, 0.25) is 0 Å². The van der Waals surface area contributed by atoms with E-state index in [1.54, 1.807) is 5.57 Å². The van der Waals surface area contributed by atoms with E-state index >= 15 is 0 Å². The highest BCUT2D eigenvalue weighted by molar-refractivity contribution is 5.22. The molecule has 2 aliphatic carbocycles. The third kappa shape index (κ3) is 5.23. The third-order valence-corrected chi connectivity index (χ3v) is 6.72. The quantitative estimate of drug-likeness (QED) is 0.382. The number of allylic oxidation sites excluding steroid dienone is 4. The Bertz CT molecular complexity index is 411. The maximum absolute atomic E-state index is 2.56. The summed E-state index contributed by atoms with van der Waals surface area (Å²) in [7, 11) is 0. The molecule has 3 unspecified atom stereocenters. The fourth-order valence-corrected chi connectivity index (χ4v) is 4.33. The van der Waals surface area contributed by atoms with Gasteiger partial charge in [0.2, 0.25) is 0 Å². The van der Waals surface area contributed by atoms with Gasteiger partial charge >= 0.3 is 0 Å². The average molecular weight is 317 g/mol. The highest BCUT2D eigenvalue weighted by Gasteiger charge is 2.26. The predicted molar refractivity (Wildman–Crippen MR) is 104 cm³/mol. The second-order valence-electron chi connectivity index (χ2n) is 8.66. The van der Waals surface area contributed by atoms with Crippen LogP contribution in [0.15, 0.2) is 22.8 Å². The van der Waals surface area contributed by atoms with Crippen LogP contribution in [0.25, 0.3) is 0 Å². The summed E-state index contributed by atoms with van der Waals surface area (Å²) >= 11 is 0. The van der Waals surface area contributed by atoms with E-state index in [1.165, 1.54) is 64.2 Å². The Labute approximate surface area is 145 Å². The SMILES string of the molecule is CCC(C)C(CC(=C1CCC1)C(C)C)C(C)CCC=C1CCC1. The van der Waals surface area contributed by atoms with E-state index in [0.29, 0.717) is 0 Å². The van der Waals surface area contributed by atoms with E-state index in [1.807, 2.05) is 11.1 Å². The molecule has 0 saturated heterocycles. The van der Waals surface area contributed by atoms with Crippen molar-refractivity contribution in [1.82, 2.24) is 0 Å². The van der Waals surface area contributed by atoms with E-state index in [9.17, 15) is 0 Å². The highest BCUT2D eigenvalue weighted by atomic mass is 14.3. The van der Waals surface area contributed by atoms with Gasteiger partial charge in [0.25, 0.3) is 0 Å². The molecule has 0 aliphatic heterocycles. The Morgan fingerprint density at radius 3 is 2.04 bits per heavy atom. The first-order chi connectivity index (χ1) is 11.0. The molecule has 132 valence electrons. The van der Waals surface area contributed by atoms with Crippen LogP contribution in [-0.4, -0.2) is 0 Å². The van der Waals surface area contributed by atoms with Crippen LogP contribution in [-0.2, 0) is 0 Å². The van der Waals surface area contributed by atoms with Crippen molar-refractivity contribution in [3.05, 3.63) is 22.8 Å². The number of hydrogen-bond donors (Lipinski definition) is 0. The van der Waals surface area contributed by atoms with Gasteiger partial charge < -0.3 is 0 Å². The Morgan fingerprint density at radius 2 is 1.61 bits per heavy atom. The molecule has 2 rings (SSSR count). The molecule has 0 heteroatoms. The zero-order chi connectivity index (χ0) is 16.8. The first-order valence-electron chi connectivity index (χ1n) is 10.4. The molecule has 0 bridgehead atoms. The number of hydrogen-bond acceptors (Lipinski definition) is 0. The molecule has 2 aliphatic rings. The van der Waals surface area contributed by atoms with Crippen molar-refractivity contribution in [2.24, 2.45) is 23.7 Å². The molecule has 0 radical (unpaired) electrons. The first-order valence-corrected chi connectivity index (χ1v) is 10.4. The van der Waals surface area contributed by atoms with Gasteiger partial charge in [-0.25, -0.2) is 0 Å². The maximum Gasteiger partial charge on any atom is -0.0257 e. The minimum atomic E-state index is 0.751. The zero-order valence-electron chi connectivity index (χ0n) is 16.5. The Balaban J connectivity index is 1.97. The normalized spacial score (nSPS) is 21.5. The fourth-order valence-electron chi connectivity index (χ4n) is 4.33. The summed E-state index contributed by atoms with van der Waals surface area (Å²) in [6.45, 7) is 12.2. The minimum Gasteiger partial charge on any atom is -0.0853 e. The van der Waals surface area contributed by atoms with Crippen molar-refractivity contribution in [2.75, 3.05) is 0 Å². The third-order valence-electron chi connectivity index (χ3n) is 6.72. The van der Waals surface area contributed by atoms with Crippen LogP contribution in [0.1, 0.15) is 98.8 Å². The standard InChI is InChI=1S/C23H40/c1-6-18(4)23(16-22(17(2)3)21-14-9-15-21)19(5)10-7-11-20-12-8-13-20/h11,17-19,23H,6-10,12-16H2,1-5H3.